The number of rotatable bonds is 7. The zero-order chi connectivity index (χ0) is 19.4. The number of anilines is 3. The van der Waals surface area contributed by atoms with E-state index in [0.29, 0.717) is 24.7 Å². The van der Waals surface area contributed by atoms with Gasteiger partial charge in [0, 0.05) is 24.9 Å². The third-order valence-electron chi connectivity index (χ3n) is 4.13. The van der Waals surface area contributed by atoms with E-state index < -0.39 is 0 Å². The maximum Gasteiger partial charge on any atom is 0.415 e. The molecule has 1 amide bonds. The van der Waals surface area contributed by atoms with Crippen molar-refractivity contribution in [3.63, 3.8) is 0 Å². The van der Waals surface area contributed by atoms with E-state index in [-0.39, 0.29) is 6.09 Å². The molecule has 1 aromatic carbocycles. The first-order chi connectivity index (χ1) is 13.0. The van der Waals surface area contributed by atoms with Gasteiger partial charge in [-0.1, -0.05) is 6.07 Å². The molecule has 1 saturated heterocycles. The Bertz CT molecular complexity index is 844. The third kappa shape index (κ3) is 3.92. The van der Waals surface area contributed by atoms with Gasteiger partial charge in [-0.15, -0.1) is 0 Å². The normalized spacial score (nSPS) is 13.3. The van der Waals surface area contributed by atoms with Crippen molar-refractivity contribution in [1.82, 2.24) is 4.98 Å². The van der Waals surface area contributed by atoms with Crippen molar-refractivity contribution in [3.8, 4) is 5.75 Å². The van der Waals surface area contributed by atoms with Gasteiger partial charge in [0.15, 0.2) is 0 Å². The monoisotopic (exact) mass is 387 g/mol. The number of methoxy groups -OCH3 is 1. The fraction of sp³-hybridized carbons (Fsp3) is 0.278. The average molecular weight is 387 g/mol. The molecule has 1 aliphatic rings. The summed E-state index contributed by atoms with van der Waals surface area (Å²) in [6, 6.07) is 7.56. The lowest BCUT2D eigenvalue weighted by molar-refractivity contribution is 0.181. The smallest absolute Gasteiger partial charge is 0.415 e. The number of benzene rings is 1. The van der Waals surface area contributed by atoms with Gasteiger partial charge in [-0.3, -0.25) is 9.91 Å². The van der Waals surface area contributed by atoms with Crippen molar-refractivity contribution >= 4 is 42.0 Å². The van der Waals surface area contributed by atoms with E-state index in [1.54, 1.807) is 24.4 Å². The van der Waals surface area contributed by atoms with Crippen LogP contribution in [0.1, 0.15) is 5.56 Å². The molecule has 0 bridgehead atoms. The first-order valence-corrected chi connectivity index (χ1v) is 9.08. The average Bonchev–Trinajstić information content (AvgIpc) is 3.12. The number of aryl methyl sites for hydroxylation is 1. The number of hydrazone groups is 1. The molecule has 0 unspecified atom stereocenters. The predicted octanol–water partition coefficient (Wildman–Crippen LogP) is 3.53. The third-order valence-corrected chi connectivity index (χ3v) is 4.91. The second kappa shape index (κ2) is 8.17. The minimum Gasteiger partial charge on any atom is -0.494 e. The lowest BCUT2D eigenvalue weighted by Gasteiger charge is -2.22. The van der Waals surface area contributed by atoms with Crippen LogP contribution in [0, 0.1) is 6.92 Å². The van der Waals surface area contributed by atoms with E-state index >= 15 is 0 Å². The molecule has 0 aliphatic carbocycles. The van der Waals surface area contributed by atoms with Crippen molar-refractivity contribution in [2.45, 2.75) is 11.8 Å². The summed E-state index contributed by atoms with van der Waals surface area (Å²) in [7, 11) is 3.45. The molecule has 0 atom stereocenters. The lowest BCUT2D eigenvalue weighted by Crippen LogP contribution is -2.24. The zero-order valence-corrected chi connectivity index (χ0v) is 16.2. The largest absolute Gasteiger partial charge is 0.494 e. The minimum absolute atomic E-state index is 0.366. The van der Waals surface area contributed by atoms with Crippen molar-refractivity contribution < 1.29 is 14.3 Å². The first kappa shape index (κ1) is 18.8. The molecule has 8 nitrogen and oxygen atoms in total. The highest BCUT2D eigenvalue weighted by Gasteiger charge is 2.24. The summed E-state index contributed by atoms with van der Waals surface area (Å²) in [5.41, 5.74) is 2.71. The summed E-state index contributed by atoms with van der Waals surface area (Å²) < 4.78 is 13.7. The van der Waals surface area contributed by atoms with E-state index in [1.165, 1.54) is 16.8 Å². The molecule has 1 aromatic heterocycles. The molecule has 0 saturated carbocycles. The number of amides is 1. The second-order valence-corrected chi connectivity index (χ2v) is 6.68. The first-order valence-electron chi connectivity index (χ1n) is 8.26. The minimum atomic E-state index is -0.366. The highest BCUT2D eigenvalue weighted by Crippen LogP contribution is 2.40. The van der Waals surface area contributed by atoms with E-state index in [0.717, 1.165) is 21.8 Å². The fourth-order valence-corrected chi connectivity index (χ4v) is 3.40. The number of cyclic esters (lactones) is 1. The van der Waals surface area contributed by atoms with Gasteiger partial charge in [-0.05, 0) is 42.6 Å². The van der Waals surface area contributed by atoms with Crippen LogP contribution in [0.5, 0.6) is 5.75 Å². The zero-order valence-electron chi connectivity index (χ0n) is 15.4. The summed E-state index contributed by atoms with van der Waals surface area (Å²) >= 11 is 1.39. The Hall–Kier alpha value is -2.94. The van der Waals surface area contributed by atoms with Gasteiger partial charge in [0.25, 0.3) is 0 Å². The Morgan fingerprint density at radius 3 is 2.81 bits per heavy atom. The van der Waals surface area contributed by atoms with Gasteiger partial charge in [-0.25, -0.2) is 9.78 Å². The topological polar surface area (TPSA) is 79.3 Å². The van der Waals surface area contributed by atoms with Crippen molar-refractivity contribution in [3.05, 3.63) is 36.0 Å². The van der Waals surface area contributed by atoms with E-state index in [4.69, 9.17) is 9.47 Å². The Morgan fingerprint density at radius 1 is 1.41 bits per heavy atom. The summed E-state index contributed by atoms with van der Waals surface area (Å²) in [4.78, 5) is 18.4. The van der Waals surface area contributed by atoms with Gasteiger partial charge in [0.05, 0.1) is 19.3 Å². The Kier molecular flexibility index (Phi) is 5.70. The molecule has 9 heteroatoms. The molecule has 27 heavy (non-hydrogen) atoms. The highest BCUT2D eigenvalue weighted by molar-refractivity contribution is 8.00. The molecule has 3 rings (SSSR count). The molecule has 2 heterocycles. The van der Waals surface area contributed by atoms with Crippen LogP contribution in [0.2, 0.25) is 0 Å². The summed E-state index contributed by atoms with van der Waals surface area (Å²) in [6.45, 7) is 6.50. The number of pyridine rings is 1. The van der Waals surface area contributed by atoms with Crippen LogP contribution in [0.3, 0.4) is 0 Å². The number of ether oxygens (including phenoxy) is 2. The fourth-order valence-electron chi connectivity index (χ4n) is 2.74. The van der Waals surface area contributed by atoms with E-state index in [2.05, 4.69) is 21.5 Å². The molecule has 142 valence electrons. The number of nitrogens with zero attached hydrogens (tertiary/aromatic N) is 4. The maximum atomic E-state index is 11.6. The molecular formula is C18H21N5O3S. The van der Waals surface area contributed by atoms with Gasteiger partial charge in [0.2, 0.25) is 0 Å². The maximum absolute atomic E-state index is 11.6. The molecule has 1 N–H and O–H groups in total. The molecule has 1 aliphatic heterocycles. The lowest BCUT2D eigenvalue weighted by atomic mass is 10.1. The van der Waals surface area contributed by atoms with Crippen LogP contribution >= 0.6 is 11.9 Å². The Balaban J connectivity index is 1.79. The second-order valence-electron chi connectivity index (χ2n) is 5.80. The van der Waals surface area contributed by atoms with Gasteiger partial charge in [-0.2, -0.15) is 5.10 Å². The number of hydrogen-bond donors (Lipinski definition) is 1. The van der Waals surface area contributed by atoms with Crippen molar-refractivity contribution in [2.75, 3.05) is 41.9 Å². The van der Waals surface area contributed by atoms with Crippen LogP contribution in [0.4, 0.5) is 22.0 Å². The number of carbonyl (C=O) groups is 1. The van der Waals surface area contributed by atoms with Crippen LogP contribution in [-0.4, -0.2) is 45.1 Å². The number of hydrogen-bond acceptors (Lipinski definition) is 8. The quantitative estimate of drug-likeness (QED) is 0.442. The van der Waals surface area contributed by atoms with Crippen molar-refractivity contribution in [1.29, 1.82) is 0 Å². The SMILES string of the molecule is C=NN(C)c1c(C)ccc(OC)c1NSc1ccc(N2CCOC2=O)nc1. The number of aromatic nitrogens is 1. The van der Waals surface area contributed by atoms with Crippen molar-refractivity contribution in [2.24, 2.45) is 5.10 Å². The standard InChI is InChI=1S/C18H21N5O3S/c1-12-5-7-14(25-4)16(17(12)22(3)19-2)21-27-13-6-8-15(20-11-13)23-9-10-26-18(23)24/h5-8,11,21H,2,9-10H2,1,3-4H3. The Labute approximate surface area is 162 Å². The molecule has 2 aromatic rings. The summed E-state index contributed by atoms with van der Waals surface area (Å²) in [5, 5.41) is 5.69. The number of nitrogens with one attached hydrogen (secondary N) is 1. The summed E-state index contributed by atoms with van der Waals surface area (Å²) in [6.07, 6.45) is 1.34. The highest BCUT2D eigenvalue weighted by atomic mass is 32.2. The van der Waals surface area contributed by atoms with E-state index in [1.807, 2.05) is 32.2 Å². The van der Waals surface area contributed by atoms with E-state index in [9.17, 15) is 4.79 Å². The Morgan fingerprint density at radius 2 is 2.22 bits per heavy atom. The van der Waals surface area contributed by atoms with Crippen LogP contribution in [-0.2, 0) is 4.74 Å². The van der Waals surface area contributed by atoms with Crippen LogP contribution < -0.4 is 19.4 Å². The number of carbonyl (C=O) groups excluding carboxylic acids is 1. The molecular weight excluding hydrogens is 366 g/mol. The molecule has 0 radical (unpaired) electrons. The predicted molar refractivity (Wildman–Crippen MR) is 108 cm³/mol. The van der Waals surface area contributed by atoms with Crippen LogP contribution in [0.15, 0.2) is 40.5 Å². The molecule has 0 spiro atoms. The van der Waals surface area contributed by atoms with Crippen LogP contribution in [0.25, 0.3) is 0 Å². The summed E-state index contributed by atoms with van der Waals surface area (Å²) in [5.74, 6) is 1.27. The van der Waals surface area contributed by atoms with Gasteiger partial charge in [0.1, 0.15) is 23.9 Å². The van der Waals surface area contributed by atoms with Gasteiger partial charge < -0.3 is 14.2 Å². The van der Waals surface area contributed by atoms with Gasteiger partial charge >= 0.3 is 6.09 Å². The molecule has 1 fully saturated rings.